The van der Waals surface area contributed by atoms with Gasteiger partial charge >= 0.3 is 5.97 Å². The fourth-order valence-corrected chi connectivity index (χ4v) is 2.01. The maximum Gasteiger partial charge on any atom is 0.328 e. The van der Waals surface area contributed by atoms with Crippen molar-refractivity contribution in [1.29, 1.82) is 0 Å². The van der Waals surface area contributed by atoms with Crippen molar-refractivity contribution < 1.29 is 14.7 Å². The van der Waals surface area contributed by atoms with Crippen LogP contribution in [-0.4, -0.2) is 22.7 Å². The van der Waals surface area contributed by atoms with Gasteiger partial charge in [-0.1, -0.05) is 54.6 Å². The fourth-order valence-electron chi connectivity index (χ4n) is 2.01. The number of amides is 1. The molecule has 0 radical (unpaired) electrons. The third-order valence-electron chi connectivity index (χ3n) is 3.10. The van der Waals surface area contributed by atoms with Gasteiger partial charge in [-0.2, -0.15) is 5.10 Å². The molecule has 0 aliphatic rings. The Labute approximate surface area is 140 Å². The third kappa shape index (κ3) is 5.19. The molecule has 0 saturated heterocycles. The van der Waals surface area contributed by atoms with Gasteiger partial charge in [0.25, 0.3) is 5.91 Å². The first-order valence-electron chi connectivity index (χ1n) is 6.98. The predicted molar refractivity (Wildman–Crippen MR) is 94.2 cm³/mol. The summed E-state index contributed by atoms with van der Waals surface area (Å²) in [5.41, 5.74) is 5.73. The van der Waals surface area contributed by atoms with Crippen LogP contribution in [0.2, 0.25) is 0 Å². The van der Waals surface area contributed by atoms with Gasteiger partial charge in [-0.05, 0) is 12.5 Å². The van der Waals surface area contributed by atoms with Crippen LogP contribution >= 0.6 is 0 Å². The number of quaternary nitrogens is 1. The Morgan fingerprint density at radius 1 is 1.00 bits per heavy atom. The number of nitrogens with zero attached hydrogens (tertiary/aromatic N) is 1. The molecule has 0 aliphatic heterocycles. The van der Waals surface area contributed by atoms with E-state index in [1.165, 1.54) is 0 Å². The molecule has 2 aromatic carbocycles. The average molecular weight is 326 g/mol. The Morgan fingerprint density at radius 3 is 2.25 bits per heavy atom. The van der Waals surface area contributed by atoms with Crippen LogP contribution < -0.4 is 11.6 Å². The van der Waals surface area contributed by atoms with Gasteiger partial charge in [0.2, 0.25) is 0 Å². The number of carboxylic acid groups (broad SMARTS) is 1. The number of aryl methyl sites for hydroxylation is 1. The van der Waals surface area contributed by atoms with Gasteiger partial charge in [-0.15, -0.1) is 0 Å². The highest BCUT2D eigenvalue weighted by Gasteiger charge is 2.09. The second kappa shape index (κ2) is 9.02. The molecule has 0 spiro atoms. The lowest BCUT2D eigenvalue weighted by molar-refractivity contribution is -0.131. The molecule has 0 unspecified atom stereocenters. The van der Waals surface area contributed by atoms with E-state index >= 15 is 0 Å². The fraction of sp³-hybridized carbons (Fsp3) is 0.0556. The number of nitrogens with one attached hydrogen (secondary N) is 1. The summed E-state index contributed by atoms with van der Waals surface area (Å²) in [4.78, 5) is 22.1. The first-order valence-corrected chi connectivity index (χ1v) is 6.98. The number of carbonyl (C=O) groups excluding carboxylic acids is 1. The number of carboxylic acids is 1. The van der Waals surface area contributed by atoms with E-state index in [4.69, 9.17) is 5.11 Å². The van der Waals surface area contributed by atoms with Gasteiger partial charge in [0, 0.05) is 23.3 Å². The number of benzene rings is 2. The second-order valence-corrected chi connectivity index (χ2v) is 4.79. The Bertz CT molecular complexity index is 768. The Kier molecular flexibility index (Phi) is 7.06. The van der Waals surface area contributed by atoms with Gasteiger partial charge < -0.3 is 11.3 Å². The summed E-state index contributed by atoms with van der Waals surface area (Å²) in [5, 5.41) is 12.7. The van der Waals surface area contributed by atoms with Crippen molar-refractivity contribution in [3.63, 3.8) is 0 Å². The zero-order valence-corrected chi connectivity index (χ0v) is 13.6. The molecule has 6 N–H and O–H groups in total. The van der Waals surface area contributed by atoms with Crippen LogP contribution in [0.5, 0.6) is 0 Å². The van der Waals surface area contributed by atoms with E-state index in [0.717, 1.165) is 28.8 Å². The maximum atomic E-state index is 11.6. The van der Waals surface area contributed by atoms with Crippen LogP contribution in [0.3, 0.4) is 0 Å². The van der Waals surface area contributed by atoms with Gasteiger partial charge in [-0.3, -0.25) is 4.79 Å². The van der Waals surface area contributed by atoms with Crippen molar-refractivity contribution >= 4 is 17.6 Å². The summed E-state index contributed by atoms with van der Waals surface area (Å²) in [6.07, 6.45) is 1.69. The smallest absolute Gasteiger partial charge is 0.328 e. The standard InChI is InChI=1S/C18H16N2O3.H3N/c1-13-7-5-6-10-15(13)18(14-8-3-2-4-9-14)20-19-16(21)11-12-17(22)23;/h2-12H,1H3,(H,19,21)(H,22,23);1H3/p+1/b12-11-,20-18-;. The minimum absolute atomic E-state index is 0. The third-order valence-corrected chi connectivity index (χ3v) is 3.10. The van der Waals surface area contributed by atoms with Gasteiger partial charge in [0.1, 0.15) is 0 Å². The normalized spacial score (nSPS) is 11.0. The van der Waals surface area contributed by atoms with Crippen LogP contribution in [0.25, 0.3) is 0 Å². The van der Waals surface area contributed by atoms with Crippen molar-refractivity contribution in [1.82, 2.24) is 11.6 Å². The molecule has 24 heavy (non-hydrogen) atoms. The number of rotatable bonds is 5. The molecule has 0 fully saturated rings. The summed E-state index contributed by atoms with van der Waals surface area (Å²) in [6.45, 7) is 1.96. The molecule has 0 heterocycles. The summed E-state index contributed by atoms with van der Waals surface area (Å²) < 4.78 is 0. The second-order valence-electron chi connectivity index (χ2n) is 4.79. The van der Waals surface area contributed by atoms with Gasteiger partial charge in [-0.25, -0.2) is 10.2 Å². The van der Waals surface area contributed by atoms with Crippen molar-refractivity contribution in [2.75, 3.05) is 0 Å². The highest BCUT2D eigenvalue weighted by atomic mass is 16.4. The minimum Gasteiger partial charge on any atom is -0.478 e. The highest BCUT2D eigenvalue weighted by molar-refractivity contribution is 6.14. The Morgan fingerprint density at radius 2 is 1.62 bits per heavy atom. The predicted octanol–water partition coefficient (Wildman–Crippen LogP) is 2.88. The van der Waals surface area contributed by atoms with Gasteiger partial charge in [0.05, 0.1) is 5.71 Å². The summed E-state index contributed by atoms with van der Waals surface area (Å²) >= 11 is 0. The van der Waals surface area contributed by atoms with Crippen molar-refractivity contribution in [2.24, 2.45) is 5.10 Å². The van der Waals surface area contributed by atoms with Crippen molar-refractivity contribution in [2.45, 2.75) is 6.92 Å². The van der Waals surface area contributed by atoms with Crippen LogP contribution in [-0.2, 0) is 9.59 Å². The molecule has 6 nitrogen and oxygen atoms in total. The topological polar surface area (TPSA) is 115 Å². The molecular formula is C18H20N3O3+. The largest absolute Gasteiger partial charge is 0.478 e. The summed E-state index contributed by atoms with van der Waals surface area (Å²) in [7, 11) is 0. The number of carbonyl (C=O) groups is 2. The summed E-state index contributed by atoms with van der Waals surface area (Å²) in [5.74, 6) is -1.79. The van der Waals surface area contributed by atoms with E-state index in [-0.39, 0.29) is 6.15 Å². The quantitative estimate of drug-likeness (QED) is 0.445. The molecule has 2 rings (SSSR count). The van der Waals surface area contributed by atoms with Crippen LogP contribution in [0.1, 0.15) is 16.7 Å². The maximum absolute atomic E-state index is 11.6. The first kappa shape index (κ1) is 18.8. The first-order chi connectivity index (χ1) is 11.1. The van der Waals surface area contributed by atoms with E-state index in [9.17, 15) is 9.59 Å². The molecule has 0 atom stereocenters. The number of hydrogen-bond acceptors (Lipinski definition) is 3. The molecule has 124 valence electrons. The number of hydrogen-bond donors (Lipinski definition) is 3. The molecule has 1 amide bonds. The number of aliphatic carboxylic acids is 1. The lowest BCUT2D eigenvalue weighted by Crippen LogP contribution is -2.19. The van der Waals surface area contributed by atoms with Crippen LogP contribution in [0.4, 0.5) is 0 Å². The summed E-state index contributed by atoms with van der Waals surface area (Å²) in [6, 6.07) is 17.1. The Hall–Kier alpha value is -3.25. The lowest BCUT2D eigenvalue weighted by atomic mass is 9.98. The van der Waals surface area contributed by atoms with E-state index in [1.807, 2.05) is 61.5 Å². The molecular weight excluding hydrogens is 306 g/mol. The molecule has 0 saturated carbocycles. The molecule has 0 aliphatic carbocycles. The van der Waals surface area contributed by atoms with E-state index < -0.39 is 11.9 Å². The average Bonchev–Trinajstić information content (AvgIpc) is 2.55. The zero-order chi connectivity index (χ0) is 16.7. The van der Waals surface area contributed by atoms with Crippen molar-refractivity contribution in [3.8, 4) is 0 Å². The molecule has 0 aromatic heterocycles. The van der Waals surface area contributed by atoms with Crippen LogP contribution in [0.15, 0.2) is 71.9 Å². The lowest BCUT2D eigenvalue weighted by Gasteiger charge is -2.10. The Balaban J connectivity index is 0.00000288. The molecule has 6 heteroatoms. The zero-order valence-electron chi connectivity index (χ0n) is 13.6. The SMILES string of the molecule is Cc1ccccc1/C(=N\NC(=O)/C=C\C(=O)O)c1ccccc1.[NH4+]. The van der Waals surface area contributed by atoms with Gasteiger partial charge in [0.15, 0.2) is 0 Å². The monoisotopic (exact) mass is 326 g/mol. The molecule has 2 aromatic rings. The van der Waals surface area contributed by atoms with E-state index in [2.05, 4.69) is 10.5 Å². The van der Waals surface area contributed by atoms with E-state index in [0.29, 0.717) is 5.71 Å². The highest BCUT2D eigenvalue weighted by Crippen LogP contribution is 2.14. The van der Waals surface area contributed by atoms with E-state index in [1.54, 1.807) is 0 Å². The van der Waals surface area contributed by atoms with Crippen molar-refractivity contribution in [3.05, 3.63) is 83.4 Å². The van der Waals surface area contributed by atoms with Crippen LogP contribution in [0, 0.1) is 6.92 Å². The minimum atomic E-state index is -1.19. The molecule has 0 bridgehead atoms. The number of hydrazone groups is 1.